The molecule has 0 amide bonds. The van der Waals surface area contributed by atoms with Gasteiger partial charge in [-0.2, -0.15) is 0 Å². The molecular formula is C20H46NSi+. The molecule has 134 valence electrons. The van der Waals surface area contributed by atoms with Crippen molar-refractivity contribution >= 4 is 10.4 Å². The van der Waals surface area contributed by atoms with Gasteiger partial charge in [-0.25, -0.2) is 0 Å². The summed E-state index contributed by atoms with van der Waals surface area (Å²) >= 11 is 0. The van der Waals surface area contributed by atoms with Crippen LogP contribution in [0.1, 0.15) is 110 Å². The molecule has 0 aliphatic rings. The third kappa shape index (κ3) is 20.2. The van der Waals surface area contributed by atoms with Crippen molar-refractivity contribution in [1.29, 1.82) is 0 Å². The largest absolute Gasteiger partial charge is 0.395 e. The van der Waals surface area contributed by atoms with Gasteiger partial charge < -0.3 is 4.15 Å². The summed E-state index contributed by atoms with van der Waals surface area (Å²) in [5.41, 5.74) is 0. The number of rotatable bonds is 17. The smallest absolute Gasteiger partial charge is 0.239 e. The molecule has 0 fully saturated rings. The highest BCUT2D eigenvalue weighted by Crippen LogP contribution is 2.13. The Balaban J connectivity index is 3.00. The molecule has 0 aromatic carbocycles. The first-order valence-corrected chi connectivity index (χ1v) is 11.3. The van der Waals surface area contributed by atoms with E-state index >= 15 is 0 Å². The van der Waals surface area contributed by atoms with Crippen LogP contribution in [0.4, 0.5) is 0 Å². The van der Waals surface area contributed by atoms with E-state index in [-0.39, 0.29) is 0 Å². The van der Waals surface area contributed by atoms with Crippen LogP contribution >= 0.6 is 0 Å². The van der Waals surface area contributed by atoms with Gasteiger partial charge in [0.05, 0.1) is 20.6 Å². The van der Waals surface area contributed by atoms with E-state index < -0.39 is 0 Å². The minimum atomic E-state index is 1.26. The maximum absolute atomic E-state index is 2.36. The van der Waals surface area contributed by atoms with Crippen molar-refractivity contribution in [3.63, 3.8) is 0 Å². The van der Waals surface area contributed by atoms with Crippen LogP contribution in [0, 0.1) is 0 Å². The highest BCUT2D eigenvalue weighted by atomic mass is 28.2. The van der Waals surface area contributed by atoms with Crippen LogP contribution < -0.4 is 0 Å². The van der Waals surface area contributed by atoms with Crippen molar-refractivity contribution in [2.75, 3.05) is 20.6 Å². The van der Waals surface area contributed by atoms with Crippen molar-refractivity contribution in [3.8, 4) is 0 Å². The average Bonchev–Trinajstić information content (AvgIpc) is 2.45. The van der Waals surface area contributed by atoms with Crippen molar-refractivity contribution < 1.29 is 4.15 Å². The predicted octanol–water partition coefficient (Wildman–Crippen LogP) is 5.60. The Bertz CT molecular complexity index is 210. The lowest BCUT2D eigenvalue weighted by atomic mass is 10.0. The lowest BCUT2D eigenvalue weighted by molar-refractivity contribution is -0.773. The van der Waals surface area contributed by atoms with Gasteiger partial charge in [-0.15, -0.1) is 0 Å². The number of nitrogens with zero attached hydrogens (tertiary/aromatic N) is 1. The van der Waals surface area contributed by atoms with Gasteiger partial charge in [-0.1, -0.05) is 96.8 Å². The summed E-state index contributed by atoms with van der Waals surface area (Å²) in [6, 6.07) is 0. The third-order valence-corrected chi connectivity index (χ3v) is 5.13. The van der Waals surface area contributed by atoms with Gasteiger partial charge in [0.2, 0.25) is 10.4 Å². The first kappa shape index (κ1) is 22.2. The number of unbranched alkanes of at least 4 members (excludes halogenated alkanes) is 15. The fourth-order valence-corrected chi connectivity index (χ4v) is 3.45. The molecule has 0 radical (unpaired) electrons. The molecule has 22 heavy (non-hydrogen) atoms. The van der Waals surface area contributed by atoms with Gasteiger partial charge >= 0.3 is 0 Å². The molecule has 0 aromatic heterocycles. The molecule has 2 heteroatoms. The van der Waals surface area contributed by atoms with Gasteiger partial charge in [0.15, 0.2) is 0 Å². The second-order valence-electron chi connectivity index (χ2n) is 8.32. The summed E-state index contributed by atoms with van der Waals surface area (Å²) in [6.07, 6.45) is 23.5. The zero-order valence-corrected chi connectivity index (χ0v) is 18.5. The standard InChI is InChI=1S/C20H46NSi/c1-4-5-6-7-8-9-10-11-12-13-14-15-16-17-18-19-20-21(2,3)22/h4-20H2,1-3,22H3/q+1. The van der Waals surface area contributed by atoms with Gasteiger partial charge in [0.1, 0.15) is 0 Å². The first-order valence-electron chi connectivity index (χ1n) is 10.4. The minimum Gasteiger partial charge on any atom is -0.395 e. The van der Waals surface area contributed by atoms with Crippen LogP contribution in [0.3, 0.4) is 0 Å². The monoisotopic (exact) mass is 328 g/mol. The van der Waals surface area contributed by atoms with Crippen molar-refractivity contribution in [2.45, 2.75) is 110 Å². The van der Waals surface area contributed by atoms with E-state index in [1.165, 1.54) is 124 Å². The fraction of sp³-hybridized carbons (Fsp3) is 1.00. The molecule has 0 saturated carbocycles. The summed E-state index contributed by atoms with van der Waals surface area (Å²) in [6.45, 7) is 3.69. The van der Waals surface area contributed by atoms with Crippen LogP contribution in [0.2, 0.25) is 0 Å². The molecule has 0 aromatic rings. The molecule has 0 N–H and O–H groups in total. The zero-order chi connectivity index (χ0) is 16.5. The summed E-state index contributed by atoms with van der Waals surface area (Å²) in [5.74, 6) is 0. The number of hydrogen-bond donors (Lipinski definition) is 0. The average molecular weight is 329 g/mol. The number of quaternary nitrogens is 1. The Labute approximate surface area is 145 Å². The lowest BCUT2D eigenvalue weighted by Crippen LogP contribution is -2.37. The maximum Gasteiger partial charge on any atom is 0.239 e. The van der Waals surface area contributed by atoms with Crippen LogP contribution in [-0.4, -0.2) is 35.2 Å². The molecule has 0 atom stereocenters. The topological polar surface area (TPSA) is 0 Å². The van der Waals surface area contributed by atoms with Gasteiger partial charge in [0, 0.05) is 0 Å². The molecule has 0 aliphatic carbocycles. The molecule has 0 rings (SSSR count). The normalized spacial score (nSPS) is 12.1. The lowest BCUT2D eigenvalue weighted by Gasteiger charge is -2.25. The van der Waals surface area contributed by atoms with Crippen molar-refractivity contribution in [2.24, 2.45) is 0 Å². The van der Waals surface area contributed by atoms with Crippen LogP contribution in [0.25, 0.3) is 0 Å². The fourth-order valence-electron chi connectivity index (χ4n) is 3.13. The second-order valence-corrected chi connectivity index (χ2v) is 10.7. The van der Waals surface area contributed by atoms with Gasteiger partial charge in [-0.05, 0) is 12.8 Å². The maximum atomic E-state index is 2.36. The van der Waals surface area contributed by atoms with E-state index in [1.54, 1.807) is 0 Å². The molecule has 0 heterocycles. The Morgan fingerprint density at radius 3 is 1.05 bits per heavy atom. The van der Waals surface area contributed by atoms with E-state index in [0.717, 1.165) is 0 Å². The third-order valence-electron chi connectivity index (χ3n) is 4.68. The number of hydrogen-bond acceptors (Lipinski definition) is 0. The van der Waals surface area contributed by atoms with Crippen molar-refractivity contribution in [3.05, 3.63) is 0 Å². The molecule has 0 unspecified atom stereocenters. The Morgan fingerprint density at radius 1 is 0.500 bits per heavy atom. The summed E-state index contributed by atoms with van der Waals surface area (Å²) in [5, 5.41) is 0. The van der Waals surface area contributed by atoms with Gasteiger partial charge in [0.25, 0.3) is 0 Å². The molecule has 0 saturated heterocycles. The summed E-state index contributed by atoms with van der Waals surface area (Å²) in [4.78, 5) is 0. The molecule has 0 aliphatic heterocycles. The van der Waals surface area contributed by atoms with Crippen LogP contribution in [0.5, 0.6) is 0 Å². The van der Waals surface area contributed by atoms with E-state index in [4.69, 9.17) is 0 Å². The van der Waals surface area contributed by atoms with E-state index in [2.05, 4.69) is 21.0 Å². The quantitative estimate of drug-likeness (QED) is 0.241. The Morgan fingerprint density at radius 2 is 0.773 bits per heavy atom. The molecular weight excluding hydrogens is 282 g/mol. The van der Waals surface area contributed by atoms with Crippen molar-refractivity contribution in [1.82, 2.24) is 0 Å². The predicted molar refractivity (Wildman–Crippen MR) is 106 cm³/mol. The Hall–Kier alpha value is 0.177. The van der Waals surface area contributed by atoms with Gasteiger partial charge in [-0.3, -0.25) is 0 Å². The van der Waals surface area contributed by atoms with E-state index in [1.807, 2.05) is 0 Å². The van der Waals surface area contributed by atoms with Crippen LogP contribution in [0.15, 0.2) is 0 Å². The summed E-state index contributed by atoms with van der Waals surface area (Å²) in [7, 11) is 6.00. The molecule has 1 nitrogen and oxygen atoms in total. The SMILES string of the molecule is CCCCCCCCCCCCCCCCCC[N+](C)(C)[SiH3]. The van der Waals surface area contributed by atoms with Crippen LogP contribution in [-0.2, 0) is 0 Å². The summed E-state index contributed by atoms with van der Waals surface area (Å²) < 4.78 is 1.26. The van der Waals surface area contributed by atoms with E-state index in [0.29, 0.717) is 0 Å². The minimum absolute atomic E-state index is 1.26. The highest BCUT2D eigenvalue weighted by molar-refractivity contribution is 5.97. The zero-order valence-electron chi connectivity index (χ0n) is 16.5. The molecule has 0 bridgehead atoms. The van der Waals surface area contributed by atoms with E-state index in [9.17, 15) is 0 Å². The highest BCUT2D eigenvalue weighted by Gasteiger charge is 2.03. The second kappa shape index (κ2) is 16.0. The first-order chi connectivity index (χ1) is 10.6. The Kier molecular flexibility index (Phi) is 16.2. The molecule has 0 spiro atoms.